The highest BCUT2D eigenvalue weighted by Gasteiger charge is 2.14. The molecule has 0 saturated heterocycles. The first-order valence-corrected chi connectivity index (χ1v) is 11.0. The Kier molecular flexibility index (Phi) is 7.62. The molecule has 0 radical (unpaired) electrons. The summed E-state index contributed by atoms with van der Waals surface area (Å²) in [6.45, 7) is 7.71. The second-order valence-electron chi connectivity index (χ2n) is 6.76. The van der Waals surface area contributed by atoms with Crippen molar-refractivity contribution in [1.82, 2.24) is 30.4 Å². The first-order chi connectivity index (χ1) is 13.3. The molecule has 1 aliphatic heterocycles. The van der Waals surface area contributed by atoms with E-state index in [-0.39, 0.29) is 0 Å². The molecule has 27 heavy (non-hydrogen) atoms. The molecule has 0 aromatic carbocycles. The molecule has 2 aromatic rings. The van der Waals surface area contributed by atoms with Gasteiger partial charge in [0.15, 0.2) is 5.96 Å². The maximum absolute atomic E-state index is 4.68. The molecule has 2 N–H and O–H groups in total. The van der Waals surface area contributed by atoms with Crippen molar-refractivity contribution in [3.8, 4) is 0 Å². The number of nitrogens with one attached hydrogen (secondary N) is 2. The number of aliphatic imine (C=N–C) groups is 1. The average Bonchev–Trinajstić information content (AvgIpc) is 3.22. The largest absolute Gasteiger partial charge is 0.357 e. The van der Waals surface area contributed by atoms with Crippen LogP contribution in [0.1, 0.15) is 54.6 Å². The molecule has 0 spiro atoms. The molecule has 148 valence electrons. The lowest BCUT2D eigenvalue weighted by atomic mass is 10.2. The first kappa shape index (κ1) is 19.8. The molecule has 0 fully saturated rings. The van der Waals surface area contributed by atoms with Gasteiger partial charge >= 0.3 is 0 Å². The molecule has 1 aliphatic rings. The summed E-state index contributed by atoms with van der Waals surface area (Å²) in [6, 6.07) is 0. The Morgan fingerprint density at radius 3 is 2.93 bits per heavy atom. The fourth-order valence-corrected chi connectivity index (χ4v) is 4.11. The molecule has 0 aliphatic carbocycles. The highest BCUT2D eigenvalue weighted by atomic mass is 32.1. The SMILES string of the molecule is CCNC(=NCCc1ncc(CC)s1)NCCc1nnc2n1CCCCC2. The lowest BCUT2D eigenvalue weighted by molar-refractivity contribution is 0.600. The van der Waals surface area contributed by atoms with Crippen LogP contribution < -0.4 is 10.6 Å². The maximum atomic E-state index is 4.68. The average molecular weight is 390 g/mol. The number of aryl methyl sites for hydroxylation is 2. The summed E-state index contributed by atoms with van der Waals surface area (Å²) in [7, 11) is 0. The number of hydrogen-bond donors (Lipinski definition) is 2. The normalized spacial score (nSPS) is 14.7. The first-order valence-electron chi connectivity index (χ1n) is 10.2. The third-order valence-corrected chi connectivity index (χ3v) is 5.92. The van der Waals surface area contributed by atoms with Crippen LogP contribution in [0.2, 0.25) is 0 Å². The van der Waals surface area contributed by atoms with Crippen molar-refractivity contribution in [3.05, 3.63) is 27.7 Å². The minimum absolute atomic E-state index is 0.742. The number of fused-ring (bicyclic) bond motifs is 1. The highest BCUT2D eigenvalue weighted by Crippen LogP contribution is 2.15. The van der Waals surface area contributed by atoms with E-state index >= 15 is 0 Å². The predicted molar refractivity (Wildman–Crippen MR) is 110 cm³/mol. The molecular formula is C19H31N7S. The van der Waals surface area contributed by atoms with Crippen molar-refractivity contribution >= 4 is 17.3 Å². The van der Waals surface area contributed by atoms with Crippen LogP contribution in [0, 0.1) is 0 Å². The van der Waals surface area contributed by atoms with E-state index in [1.54, 1.807) is 11.3 Å². The summed E-state index contributed by atoms with van der Waals surface area (Å²) in [5, 5.41) is 16.7. The molecule has 3 heterocycles. The minimum Gasteiger partial charge on any atom is -0.357 e. The highest BCUT2D eigenvalue weighted by molar-refractivity contribution is 7.11. The van der Waals surface area contributed by atoms with Gasteiger partial charge in [0.25, 0.3) is 0 Å². The molecule has 7 nitrogen and oxygen atoms in total. The Balaban J connectivity index is 1.48. The van der Waals surface area contributed by atoms with Crippen LogP contribution >= 0.6 is 11.3 Å². The molecular weight excluding hydrogens is 358 g/mol. The number of nitrogens with zero attached hydrogens (tertiary/aromatic N) is 5. The topological polar surface area (TPSA) is 80.0 Å². The van der Waals surface area contributed by atoms with E-state index in [9.17, 15) is 0 Å². The summed E-state index contributed by atoms with van der Waals surface area (Å²) in [4.78, 5) is 10.5. The van der Waals surface area contributed by atoms with Crippen LogP contribution in [-0.2, 0) is 32.2 Å². The molecule has 2 aromatic heterocycles. The number of rotatable bonds is 8. The van der Waals surface area contributed by atoms with Gasteiger partial charge in [-0.15, -0.1) is 21.5 Å². The molecule has 0 atom stereocenters. The van der Waals surface area contributed by atoms with Gasteiger partial charge in [-0.3, -0.25) is 4.99 Å². The van der Waals surface area contributed by atoms with E-state index < -0.39 is 0 Å². The maximum Gasteiger partial charge on any atom is 0.191 e. The van der Waals surface area contributed by atoms with Crippen molar-refractivity contribution in [1.29, 1.82) is 0 Å². The summed E-state index contributed by atoms with van der Waals surface area (Å²) >= 11 is 1.79. The Hall–Kier alpha value is -1.96. The number of guanidine groups is 1. The molecule has 8 heteroatoms. The fourth-order valence-electron chi connectivity index (χ4n) is 3.26. The van der Waals surface area contributed by atoms with Gasteiger partial charge in [-0.1, -0.05) is 13.3 Å². The third kappa shape index (κ3) is 5.76. The van der Waals surface area contributed by atoms with Gasteiger partial charge in [0, 0.05) is 56.5 Å². The third-order valence-electron chi connectivity index (χ3n) is 4.72. The van der Waals surface area contributed by atoms with Gasteiger partial charge < -0.3 is 15.2 Å². The van der Waals surface area contributed by atoms with Crippen molar-refractivity contribution in [2.45, 2.75) is 65.3 Å². The Labute approximate surface area is 165 Å². The molecule has 3 rings (SSSR count). The zero-order valence-corrected chi connectivity index (χ0v) is 17.3. The van der Waals surface area contributed by atoms with Gasteiger partial charge in [0.1, 0.15) is 11.6 Å². The van der Waals surface area contributed by atoms with Crippen LogP contribution in [0.3, 0.4) is 0 Å². The van der Waals surface area contributed by atoms with Crippen molar-refractivity contribution in [2.24, 2.45) is 4.99 Å². The van der Waals surface area contributed by atoms with E-state index in [4.69, 9.17) is 0 Å². The van der Waals surface area contributed by atoms with Gasteiger partial charge in [-0.05, 0) is 26.2 Å². The summed E-state index contributed by atoms with van der Waals surface area (Å²) in [5.74, 6) is 3.10. The van der Waals surface area contributed by atoms with Crippen molar-refractivity contribution < 1.29 is 0 Å². The lowest BCUT2D eigenvalue weighted by Crippen LogP contribution is -2.38. The zero-order chi connectivity index (χ0) is 18.9. The number of hydrogen-bond acceptors (Lipinski definition) is 5. The Bertz CT molecular complexity index is 734. The summed E-state index contributed by atoms with van der Waals surface area (Å²) in [5.41, 5.74) is 0. The van der Waals surface area contributed by atoms with Crippen molar-refractivity contribution in [2.75, 3.05) is 19.6 Å². The molecule has 0 amide bonds. The monoisotopic (exact) mass is 389 g/mol. The number of thiazole rings is 1. The van der Waals surface area contributed by atoms with Crippen LogP contribution in [-0.4, -0.2) is 45.3 Å². The van der Waals surface area contributed by atoms with Crippen LogP contribution in [0.4, 0.5) is 0 Å². The molecule has 0 saturated carbocycles. The summed E-state index contributed by atoms with van der Waals surface area (Å²) in [6.07, 6.45) is 9.59. The van der Waals surface area contributed by atoms with Gasteiger partial charge in [-0.25, -0.2) is 4.98 Å². The zero-order valence-electron chi connectivity index (χ0n) is 16.5. The Morgan fingerprint density at radius 2 is 2.11 bits per heavy atom. The van der Waals surface area contributed by atoms with E-state index in [0.717, 1.165) is 74.5 Å². The van der Waals surface area contributed by atoms with E-state index in [1.807, 2.05) is 6.20 Å². The van der Waals surface area contributed by atoms with Crippen LogP contribution in [0.25, 0.3) is 0 Å². The predicted octanol–water partition coefficient (Wildman–Crippen LogP) is 2.36. The standard InChI is InChI=1S/C19H31N7S/c1-3-15-14-23-18(27-15)10-12-22-19(20-4-2)21-11-9-17-25-24-16-8-6-5-7-13-26(16)17/h14H,3-13H2,1-2H3,(H2,20,21,22). The second-order valence-corrected chi connectivity index (χ2v) is 7.96. The van der Waals surface area contributed by atoms with E-state index in [0.29, 0.717) is 0 Å². The lowest BCUT2D eigenvalue weighted by Gasteiger charge is -2.11. The number of aromatic nitrogens is 4. The second kappa shape index (κ2) is 10.4. The Morgan fingerprint density at radius 1 is 1.19 bits per heavy atom. The molecule has 0 unspecified atom stereocenters. The van der Waals surface area contributed by atoms with Gasteiger partial charge in [0.2, 0.25) is 0 Å². The van der Waals surface area contributed by atoms with Gasteiger partial charge in [0.05, 0.1) is 5.01 Å². The quantitative estimate of drug-likeness (QED) is 0.535. The smallest absolute Gasteiger partial charge is 0.191 e. The fraction of sp³-hybridized carbons (Fsp3) is 0.684. The molecule has 0 bridgehead atoms. The van der Waals surface area contributed by atoms with Gasteiger partial charge in [-0.2, -0.15) is 0 Å². The van der Waals surface area contributed by atoms with Crippen LogP contribution in [0.15, 0.2) is 11.2 Å². The van der Waals surface area contributed by atoms with Crippen LogP contribution in [0.5, 0.6) is 0 Å². The summed E-state index contributed by atoms with van der Waals surface area (Å²) < 4.78 is 2.31. The van der Waals surface area contributed by atoms with E-state index in [1.165, 1.54) is 24.1 Å². The minimum atomic E-state index is 0.742. The van der Waals surface area contributed by atoms with Crippen molar-refractivity contribution in [3.63, 3.8) is 0 Å². The van der Waals surface area contributed by atoms with E-state index in [2.05, 4.69) is 49.2 Å².